The molecule has 0 saturated carbocycles. The lowest BCUT2D eigenvalue weighted by atomic mass is 9.97. The summed E-state index contributed by atoms with van der Waals surface area (Å²) in [4.78, 5) is 14.8. The molecule has 4 nitrogen and oxygen atoms in total. The standard InChI is InChI=1S/C19H29N3OS/c1-15-11-17(21-19(23)12-18-14-24-10-8-20-18)7-9-22(15)13-16-5-3-2-4-6-16/h2-6,15,17-18,20H,7-14H2,1H3,(H,21,23). The Labute approximate surface area is 149 Å². The number of nitrogens with one attached hydrogen (secondary N) is 2. The molecule has 2 heterocycles. The van der Waals surface area contributed by atoms with Gasteiger partial charge in [-0.25, -0.2) is 0 Å². The average Bonchev–Trinajstić information content (AvgIpc) is 2.59. The summed E-state index contributed by atoms with van der Waals surface area (Å²) in [5, 5.41) is 6.71. The lowest BCUT2D eigenvalue weighted by Gasteiger charge is -2.38. The Hall–Kier alpha value is -1.04. The van der Waals surface area contributed by atoms with E-state index in [1.165, 1.54) is 5.56 Å². The fourth-order valence-corrected chi connectivity index (χ4v) is 4.61. The van der Waals surface area contributed by atoms with Crippen molar-refractivity contribution in [2.75, 3.05) is 24.6 Å². The predicted molar refractivity (Wildman–Crippen MR) is 101 cm³/mol. The third kappa shape index (κ3) is 5.23. The van der Waals surface area contributed by atoms with E-state index in [9.17, 15) is 4.79 Å². The Bertz CT molecular complexity index is 519. The van der Waals surface area contributed by atoms with E-state index in [0.29, 0.717) is 24.5 Å². The highest BCUT2D eigenvalue weighted by Gasteiger charge is 2.27. The first kappa shape index (κ1) is 17.8. The minimum atomic E-state index is 0.212. The van der Waals surface area contributed by atoms with Gasteiger partial charge in [0.2, 0.25) is 5.91 Å². The zero-order valence-corrected chi connectivity index (χ0v) is 15.4. The maximum Gasteiger partial charge on any atom is 0.221 e. The van der Waals surface area contributed by atoms with Crippen molar-refractivity contribution in [1.82, 2.24) is 15.5 Å². The number of benzene rings is 1. The van der Waals surface area contributed by atoms with Gasteiger partial charge >= 0.3 is 0 Å². The fraction of sp³-hybridized carbons (Fsp3) is 0.632. The molecule has 2 aliphatic rings. The van der Waals surface area contributed by atoms with Gasteiger partial charge in [-0.3, -0.25) is 9.69 Å². The summed E-state index contributed by atoms with van der Waals surface area (Å²) >= 11 is 1.94. The van der Waals surface area contributed by atoms with Gasteiger partial charge in [0.25, 0.3) is 0 Å². The van der Waals surface area contributed by atoms with Crippen molar-refractivity contribution in [3.8, 4) is 0 Å². The minimum absolute atomic E-state index is 0.212. The molecule has 0 aliphatic carbocycles. The molecule has 1 aromatic carbocycles. The largest absolute Gasteiger partial charge is 0.353 e. The normalized spacial score (nSPS) is 28.5. The summed E-state index contributed by atoms with van der Waals surface area (Å²) in [6.07, 6.45) is 2.72. The molecule has 132 valence electrons. The van der Waals surface area contributed by atoms with Crippen LogP contribution in [0.25, 0.3) is 0 Å². The summed E-state index contributed by atoms with van der Waals surface area (Å²) in [5.74, 6) is 2.43. The Morgan fingerprint density at radius 2 is 2.21 bits per heavy atom. The Morgan fingerprint density at radius 3 is 2.92 bits per heavy atom. The molecule has 3 rings (SSSR count). The van der Waals surface area contributed by atoms with Crippen molar-refractivity contribution in [1.29, 1.82) is 0 Å². The number of amides is 1. The lowest BCUT2D eigenvalue weighted by Crippen LogP contribution is -2.49. The van der Waals surface area contributed by atoms with E-state index in [2.05, 4.69) is 52.8 Å². The third-order valence-electron chi connectivity index (χ3n) is 5.04. The SMILES string of the molecule is CC1CC(NC(=O)CC2CSCCN2)CCN1Cc1ccccc1. The number of nitrogens with zero attached hydrogens (tertiary/aromatic N) is 1. The van der Waals surface area contributed by atoms with Crippen LogP contribution in [0.15, 0.2) is 30.3 Å². The van der Waals surface area contributed by atoms with E-state index in [4.69, 9.17) is 0 Å². The molecule has 5 heteroatoms. The van der Waals surface area contributed by atoms with Crippen LogP contribution >= 0.6 is 11.8 Å². The number of piperidine rings is 1. The van der Waals surface area contributed by atoms with Crippen LogP contribution in [0.4, 0.5) is 0 Å². The summed E-state index contributed by atoms with van der Waals surface area (Å²) in [6, 6.07) is 11.8. The molecule has 0 radical (unpaired) electrons. The molecule has 1 aromatic rings. The van der Waals surface area contributed by atoms with Gasteiger partial charge in [0.05, 0.1) is 0 Å². The monoisotopic (exact) mass is 347 g/mol. The highest BCUT2D eigenvalue weighted by molar-refractivity contribution is 7.99. The van der Waals surface area contributed by atoms with Crippen molar-refractivity contribution in [2.24, 2.45) is 0 Å². The number of carbonyl (C=O) groups is 1. The van der Waals surface area contributed by atoms with Crippen molar-refractivity contribution in [3.05, 3.63) is 35.9 Å². The van der Waals surface area contributed by atoms with Gasteiger partial charge in [0.15, 0.2) is 0 Å². The number of rotatable bonds is 5. The van der Waals surface area contributed by atoms with Crippen LogP contribution in [0.2, 0.25) is 0 Å². The summed E-state index contributed by atoms with van der Waals surface area (Å²) < 4.78 is 0. The molecular weight excluding hydrogens is 318 g/mol. The van der Waals surface area contributed by atoms with Crippen molar-refractivity contribution in [3.63, 3.8) is 0 Å². The number of hydrogen-bond acceptors (Lipinski definition) is 4. The molecule has 2 fully saturated rings. The number of likely N-dealkylation sites (tertiary alicyclic amines) is 1. The van der Waals surface area contributed by atoms with Crippen LogP contribution in [0.3, 0.4) is 0 Å². The Kier molecular flexibility index (Phi) is 6.58. The first-order chi connectivity index (χ1) is 11.7. The molecule has 24 heavy (non-hydrogen) atoms. The summed E-state index contributed by atoms with van der Waals surface area (Å²) in [6.45, 7) is 5.36. The van der Waals surface area contributed by atoms with Crippen molar-refractivity contribution < 1.29 is 4.79 Å². The van der Waals surface area contributed by atoms with Gasteiger partial charge in [-0.15, -0.1) is 0 Å². The van der Waals surface area contributed by atoms with Gasteiger partial charge in [0, 0.05) is 55.7 Å². The van der Waals surface area contributed by atoms with Gasteiger partial charge in [-0.2, -0.15) is 11.8 Å². The van der Waals surface area contributed by atoms with Gasteiger partial charge in [-0.1, -0.05) is 30.3 Å². The van der Waals surface area contributed by atoms with Crippen LogP contribution in [0.1, 0.15) is 31.7 Å². The molecule has 3 unspecified atom stereocenters. The third-order valence-corrected chi connectivity index (χ3v) is 6.17. The number of thioether (sulfide) groups is 1. The second-order valence-corrected chi connectivity index (χ2v) is 8.17. The average molecular weight is 348 g/mol. The lowest BCUT2D eigenvalue weighted by molar-refractivity contribution is -0.122. The quantitative estimate of drug-likeness (QED) is 0.857. The van der Waals surface area contributed by atoms with E-state index in [0.717, 1.165) is 44.0 Å². The van der Waals surface area contributed by atoms with E-state index in [1.54, 1.807) is 0 Å². The second-order valence-electron chi connectivity index (χ2n) is 7.02. The van der Waals surface area contributed by atoms with E-state index >= 15 is 0 Å². The summed E-state index contributed by atoms with van der Waals surface area (Å²) in [7, 11) is 0. The summed E-state index contributed by atoms with van der Waals surface area (Å²) in [5.41, 5.74) is 1.37. The topological polar surface area (TPSA) is 44.4 Å². The molecule has 0 bridgehead atoms. The van der Waals surface area contributed by atoms with Crippen LogP contribution in [0.5, 0.6) is 0 Å². The molecule has 2 aliphatic heterocycles. The Morgan fingerprint density at radius 1 is 1.38 bits per heavy atom. The van der Waals surface area contributed by atoms with Gasteiger partial charge in [0.1, 0.15) is 0 Å². The maximum atomic E-state index is 12.3. The van der Waals surface area contributed by atoms with Crippen LogP contribution in [0, 0.1) is 0 Å². The second kappa shape index (κ2) is 8.88. The van der Waals surface area contributed by atoms with Crippen molar-refractivity contribution in [2.45, 2.75) is 50.9 Å². The molecular formula is C19H29N3OS. The maximum absolute atomic E-state index is 12.3. The molecule has 3 atom stereocenters. The zero-order chi connectivity index (χ0) is 16.8. The van der Waals surface area contributed by atoms with Gasteiger partial charge < -0.3 is 10.6 Å². The van der Waals surface area contributed by atoms with Crippen LogP contribution < -0.4 is 10.6 Å². The molecule has 1 amide bonds. The number of carbonyl (C=O) groups excluding carboxylic acids is 1. The predicted octanol–water partition coefficient (Wildman–Crippen LogP) is 2.25. The number of hydrogen-bond donors (Lipinski definition) is 2. The first-order valence-corrected chi connectivity index (χ1v) is 10.2. The molecule has 2 N–H and O–H groups in total. The van der Waals surface area contributed by atoms with E-state index < -0.39 is 0 Å². The van der Waals surface area contributed by atoms with Crippen LogP contribution in [-0.2, 0) is 11.3 Å². The highest BCUT2D eigenvalue weighted by atomic mass is 32.2. The zero-order valence-electron chi connectivity index (χ0n) is 14.5. The Balaban J connectivity index is 1.42. The van der Waals surface area contributed by atoms with Crippen molar-refractivity contribution >= 4 is 17.7 Å². The van der Waals surface area contributed by atoms with Crippen LogP contribution in [-0.4, -0.2) is 53.5 Å². The minimum Gasteiger partial charge on any atom is -0.353 e. The van der Waals surface area contributed by atoms with Gasteiger partial charge in [-0.05, 0) is 25.3 Å². The van der Waals surface area contributed by atoms with E-state index in [-0.39, 0.29) is 5.91 Å². The fourth-order valence-electron chi connectivity index (χ4n) is 3.67. The van der Waals surface area contributed by atoms with E-state index in [1.807, 2.05) is 11.8 Å². The smallest absolute Gasteiger partial charge is 0.221 e. The molecule has 2 saturated heterocycles. The first-order valence-electron chi connectivity index (χ1n) is 9.09. The highest BCUT2D eigenvalue weighted by Crippen LogP contribution is 2.20. The molecule has 0 spiro atoms. The molecule has 0 aromatic heterocycles.